The molecule has 0 atom stereocenters. The topological polar surface area (TPSA) is 42.0 Å². The van der Waals surface area contributed by atoms with E-state index in [1.807, 2.05) is 69.3 Å². The lowest BCUT2D eigenvalue weighted by Gasteiger charge is -2.36. The minimum Gasteiger partial charge on any atom is -0.489 e. The molecule has 0 N–H and O–H groups in total. The van der Waals surface area contributed by atoms with Crippen LogP contribution >= 0.6 is 11.6 Å². The SMILES string of the molecule is CC(C)(C)OC(=O)N1CCN(c2cc(Cl)cc(OCc3ccccc3)c2)CC1. The van der Waals surface area contributed by atoms with Crippen molar-refractivity contribution >= 4 is 23.4 Å². The summed E-state index contributed by atoms with van der Waals surface area (Å²) in [6.45, 7) is 8.80. The molecule has 0 radical (unpaired) electrons. The van der Waals surface area contributed by atoms with Crippen molar-refractivity contribution in [3.05, 3.63) is 59.1 Å². The van der Waals surface area contributed by atoms with E-state index in [2.05, 4.69) is 4.90 Å². The van der Waals surface area contributed by atoms with Gasteiger partial charge in [-0.25, -0.2) is 4.79 Å². The zero-order chi connectivity index (χ0) is 20.1. The van der Waals surface area contributed by atoms with Gasteiger partial charge < -0.3 is 19.3 Å². The zero-order valence-corrected chi connectivity index (χ0v) is 17.4. The van der Waals surface area contributed by atoms with Gasteiger partial charge in [0.25, 0.3) is 0 Å². The second kappa shape index (κ2) is 8.74. The number of nitrogens with zero attached hydrogens (tertiary/aromatic N) is 2. The van der Waals surface area contributed by atoms with Crippen LogP contribution in [0.3, 0.4) is 0 Å². The lowest BCUT2D eigenvalue weighted by Crippen LogP contribution is -2.50. The van der Waals surface area contributed by atoms with Crippen LogP contribution in [0, 0.1) is 0 Å². The molecule has 1 saturated heterocycles. The highest BCUT2D eigenvalue weighted by molar-refractivity contribution is 6.31. The Labute approximate surface area is 171 Å². The summed E-state index contributed by atoms with van der Waals surface area (Å²) in [6, 6.07) is 15.8. The molecule has 5 nitrogen and oxygen atoms in total. The first-order chi connectivity index (χ1) is 13.3. The lowest BCUT2D eigenvalue weighted by atomic mass is 10.2. The number of ether oxygens (including phenoxy) is 2. The van der Waals surface area contributed by atoms with Crippen LogP contribution in [0.2, 0.25) is 5.02 Å². The van der Waals surface area contributed by atoms with Crippen molar-refractivity contribution in [3.63, 3.8) is 0 Å². The van der Waals surface area contributed by atoms with E-state index in [0.29, 0.717) is 24.7 Å². The number of benzene rings is 2. The van der Waals surface area contributed by atoms with Crippen LogP contribution in [0.4, 0.5) is 10.5 Å². The van der Waals surface area contributed by atoms with E-state index >= 15 is 0 Å². The molecule has 28 heavy (non-hydrogen) atoms. The molecular weight excluding hydrogens is 376 g/mol. The fourth-order valence-electron chi connectivity index (χ4n) is 3.03. The molecule has 1 heterocycles. The average molecular weight is 403 g/mol. The number of amides is 1. The highest BCUT2D eigenvalue weighted by Crippen LogP contribution is 2.28. The van der Waals surface area contributed by atoms with Gasteiger partial charge in [-0.1, -0.05) is 41.9 Å². The Morgan fingerprint density at radius 2 is 1.71 bits per heavy atom. The van der Waals surface area contributed by atoms with Crippen molar-refractivity contribution in [2.24, 2.45) is 0 Å². The van der Waals surface area contributed by atoms with Gasteiger partial charge in [-0.15, -0.1) is 0 Å². The molecule has 1 amide bonds. The van der Waals surface area contributed by atoms with Crippen molar-refractivity contribution in [2.45, 2.75) is 33.0 Å². The molecule has 0 saturated carbocycles. The number of piperazine rings is 1. The van der Waals surface area contributed by atoms with E-state index in [1.165, 1.54) is 0 Å². The Bertz CT molecular complexity index is 797. The van der Waals surface area contributed by atoms with Gasteiger partial charge in [0.05, 0.1) is 0 Å². The van der Waals surface area contributed by atoms with Crippen LogP contribution in [0.1, 0.15) is 26.3 Å². The number of anilines is 1. The predicted molar refractivity (Wildman–Crippen MR) is 112 cm³/mol. The molecule has 2 aromatic carbocycles. The predicted octanol–water partition coefficient (Wildman–Crippen LogP) is 4.98. The van der Waals surface area contributed by atoms with Crippen LogP contribution in [-0.2, 0) is 11.3 Å². The summed E-state index contributed by atoms with van der Waals surface area (Å²) in [4.78, 5) is 16.2. The van der Waals surface area contributed by atoms with E-state index in [0.717, 1.165) is 30.1 Å². The Morgan fingerprint density at radius 1 is 1.04 bits per heavy atom. The van der Waals surface area contributed by atoms with E-state index in [9.17, 15) is 4.79 Å². The highest BCUT2D eigenvalue weighted by atomic mass is 35.5. The molecule has 2 aromatic rings. The smallest absolute Gasteiger partial charge is 0.410 e. The molecule has 150 valence electrons. The summed E-state index contributed by atoms with van der Waals surface area (Å²) in [6.07, 6.45) is -0.259. The maximum atomic E-state index is 12.2. The number of hydrogen-bond acceptors (Lipinski definition) is 4. The van der Waals surface area contributed by atoms with Crippen molar-refractivity contribution < 1.29 is 14.3 Å². The van der Waals surface area contributed by atoms with Crippen molar-refractivity contribution in [3.8, 4) is 5.75 Å². The van der Waals surface area contributed by atoms with Crippen LogP contribution in [-0.4, -0.2) is 42.8 Å². The maximum absolute atomic E-state index is 12.2. The fourth-order valence-corrected chi connectivity index (χ4v) is 3.25. The normalized spacial score (nSPS) is 14.7. The summed E-state index contributed by atoms with van der Waals surface area (Å²) < 4.78 is 11.4. The van der Waals surface area contributed by atoms with Gasteiger partial charge in [0.1, 0.15) is 18.0 Å². The largest absolute Gasteiger partial charge is 0.489 e. The van der Waals surface area contributed by atoms with Gasteiger partial charge in [0.2, 0.25) is 0 Å². The van der Waals surface area contributed by atoms with Crippen molar-refractivity contribution in [1.29, 1.82) is 0 Å². The first-order valence-corrected chi connectivity index (χ1v) is 9.88. The van der Waals surface area contributed by atoms with E-state index < -0.39 is 5.60 Å². The summed E-state index contributed by atoms with van der Waals surface area (Å²) in [5.74, 6) is 0.737. The summed E-state index contributed by atoms with van der Waals surface area (Å²) in [7, 11) is 0. The number of rotatable bonds is 4. The van der Waals surface area contributed by atoms with Crippen LogP contribution in [0.5, 0.6) is 5.75 Å². The third-order valence-corrected chi connectivity index (χ3v) is 4.62. The lowest BCUT2D eigenvalue weighted by molar-refractivity contribution is 0.0240. The zero-order valence-electron chi connectivity index (χ0n) is 16.7. The Kier molecular flexibility index (Phi) is 6.35. The first-order valence-electron chi connectivity index (χ1n) is 9.50. The number of halogens is 1. The maximum Gasteiger partial charge on any atom is 0.410 e. The van der Waals surface area contributed by atoms with Crippen molar-refractivity contribution in [1.82, 2.24) is 4.90 Å². The minimum atomic E-state index is -0.480. The minimum absolute atomic E-state index is 0.259. The van der Waals surface area contributed by atoms with Gasteiger partial charge in [0.15, 0.2) is 0 Å². The molecule has 3 rings (SSSR count). The first kappa shape index (κ1) is 20.3. The monoisotopic (exact) mass is 402 g/mol. The summed E-state index contributed by atoms with van der Waals surface area (Å²) >= 11 is 6.31. The van der Waals surface area contributed by atoms with Crippen LogP contribution in [0.15, 0.2) is 48.5 Å². The molecule has 0 spiro atoms. The molecule has 0 unspecified atom stereocenters. The standard InChI is InChI=1S/C22H27ClN2O3/c1-22(2,3)28-21(26)25-11-9-24(10-12-25)19-13-18(23)14-20(15-19)27-16-17-7-5-4-6-8-17/h4-8,13-15H,9-12,16H2,1-3H3. The van der Waals surface area contributed by atoms with E-state index in [-0.39, 0.29) is 6.09 Å². The molecule has 6 heteroatoms. The molecule has 0 aromatic heterocycles. The fraction of sp³-hybridized carbons (Fsp3) is 0.409. The molecule has 0 aliphatic carbocycles. The second-order valence-electron chi connectivity index (χ2n) is 7.87. The highest BCUT2D eigenvalue weighted by Gasteiger charge is 2.26. The van der Waals surface area contributed by atoms with E-state index in [4.69, 9.17) is 21.1 Å². The molecular formula is C22H27ClN2O3. The Hall–Kier alpha value is -2.40. The van der Waals surface area contributed by atoms with E-state index in [1.54, 1.807) is 4.90 Å². The summed E-state index contributed by atoms with van der Waals surface area (Å²) in [5.41, 5.74) is 1.63. The van der Waals surface area contributed by atoms with Gasteiger partial charge >= 0.3 is 6.09 Å². The van der Waals surface area contributed by atoms with Gasteiger partial charge in [0, 0.05) is 43.0 Å². The molecule has 1 aliphatic heterocycles. The molecule has 1 fully saturated rings. The van der Waals surface area contributed by atoms with Gasteiger partial charge in [-0.3, -0.25) is 0 Å². The molecule has 1 aliphatic rings. The number of carbonyl (C=O) groups is 1. The Balaban J connectivity index is 1.60. The third kappa shape index (κ3) is 5.80. The van der Waals surface area contributed by atoms with Gasteiger partial charge in [-0.2, -0.15) is 0 Å². The third-order valence-electron chi connectivity index (χ3n) is 4.40. The quantitative estimate of drug-likeness (QED) is 0.723. The Morgan fingerprint density at radius 3 is 2.36 bits per heavy atom. The number of carbonyl (C=O) groups excluding carboxylic acids is 1. The van der Waals surface area contributed by atoms with Crippen LogP contribution < -0.4 is 9.64 Å². The molecule has 0 bridgehead atoms. The average Bonchev–Trinajstić information content (AvgIpc) is 2.65. The second-order valence-corrected chi connectivity index (χ2v) is 8.31. The van der Waals surface area contributed by atoms with Crippen molar-refractivity contribution in [2.75, 3.05) is 31.1 Å². The number of hydrogen-bond donors (Lipinski definition) is 0. The summed E-state index contributed by atoms with van der Waals surface area (Å²) in [5, 5.41) is 0.634. The van der Waals surface area contributed by atoms with Gasteiger partial charge in [-0.05, 0) is 38.5 Å². The van der Waals surface area contributed by atoms with Crippen LogP contribution in [0.25, 0.3) is 0 Å².